The summed E-state index contributed by atoms with van der Waals surface area (Å²) >= 11 is 0. The van der Waals surface area contributed by atoms with Gasteiger partial charge in [-0.3, -0.25) is 9.78 Å². The minimum atomic E-state index is 0.134. The maximum atomic E-state index is 12.1. The summed E-state index contributed by atoms with van der Waals surface area (Å²) in [7, 11) is 3.47. The van der Waals surface area contributed by atoms with Crippen LogP contribution in [0.25, 0.3) is 0 Å². The molecule has 0 saturated heterocycles. The third kappa shape index (κ3) is 4.60. The molecule has 0 aliphatic rings. The van der Waals surface area contributed by atoms with Crippen molar-refractivity contribution >= 4 is 5.91 Å². The molecule has 1 amide bonds. The van der Waals surface area contributed by atoms with Gasteiger partial charge in [0.2, 0.25) is 5.91 Å². The molecule has 4 heteroatoms. The fraction of sp³-hybridized carbons (Fsp3) is 0.294. The lowest BCUT2D eigenvalue weighted by atomic mass is 10.1. The summed E-state index contributed by atoms with van der Waals surface area (Å²) in [5.74, 6) is 0.966. The molecule has 1 aromatic heterocycles. The number of carbonyl (C=O) groups is 1. The van der Waals surface area contributed by atoms with E-state index in [2.05, 4.69) is 4.98 Å². The molecule has 2 rings (SSSR count). The van der Waals surface area contributed by atoms with Crippen LogP contribution >= 0.6 is 0 Å². The van der Waals surface area contributed by atoms with Crippen LogP contribution in [0, 0.1) is 0 Å². The number of methoxy groups -OCH3 is 1. The number of rotatable bonds is 6. The molecular formula is C17H20N2O2. The molecule has 0 N–H and O–H groups in total. The zero-order valence-electron chi connectivity index (χ0n) is 12.5. The minimum absolute atomic E-state index is 0.134. The van der Waals surface area contributed by atoms with Gasteiger partial charge in [0.1, 0.15) is 5.75 Å². The summed E-state index contributed by atoms with van der Waals surface area (Å²) in [5.41, 5.74) is 2.18. The smallest absolute Gasteiger partial charge is 0.222 e. The van der Waals surface area contributed by atoms with E-state index in [1.165, 1.54) is 0 Å². The fourth-order valence-corrected chi connectivity index (χ4v) is 2.09. The van der Waals surface area contributed by atoms with Crippen LogP contribution < -0.4 is 4.74 Å². The van der Waals surface area contributed by atoms with E-state index < -0.39 is 0 Å². The Morgan fingerprint density at radius 2 is 1.95 bits per heavy atom. The number of pyridine rings is 1. The highest BCUT2D eigenvalue weighted by Crippen LogP contribution is 2.13. The van der Waals surface area contributed by atoms with Crippen molar-refractivity contribution in [2.45, 2.75) is 19.4 Å². The van der Waals surface area contributed by atoms with Crippen molar-refractivity contribution in [3.8, 4) is 5.75 Å². The van der Waals surface area contributed by atoms with E-state index in [0.717, 1.165) is 23.3 Å². The summed E-state index contributed by atoms with van der Waals surface area (Å²) < 4.78 is 5.12. The second-order valence-corrected chi connectivity index (χ2v) is 4.96. The van der Waals surface area contributed by atoms with E-state index in [1.807, 2.05) is 43.4 Å². The van der Waals surface area contributed by atoms with Crippen LogP contribution in [0.5, 0.6) is 5.75 Å². The molecule has 0 aliphatic carbocycles. The van der Waals surface area contributed by atoms with Crippen LogP contribution in [-0.4, -0.2) is 29.9 Å². The number of hydrogen-bond acceptors (Lipinski definition) is 3. The molecule has 0 aliphatic heterocycles. The van der Waals surface area contributed by atoms with Gasteiger partial charge in [-0.05, 0) is 35.7 Å². The molecule has 110 valence electrons. The molecule has 0 bridgehead atoms. The monoisotopic (exact) mass is 284 g/mol. The van der Waals surface area contributed by atoms with Gasteiger partial charge >= 0.3 is 0 Å². The van der Waals surface area contributed by atoms with E-state index in [4.69, 9.17) is 4.74 Å². The van der Waals surface area contributed by atoms with Crippen LogP contribution in [0.3, 0.4) is 0 Å². The van der Waals surface area contributed by atoms with Gasteiger partial charge in [-0.15, -0.1) is 0 Å². The SMILES string of the molecule is COc1ccc(CCC(=O)N(C)Cc2cccnc2)cc1. The topological polar surface area (TPSA) is 42.4 Å². The van der Waals surface area contributed by atoms with Gasteiger partial charge in [-0.2, -0.15) is 0 Å². The molecule has 1 aromatic carbocycles. The molecule has 4 nitrogen and oxygen atoms in total. The highest BCUT2D eigenvalue weighted by Gasteiger charge is 2.09. The van der Waals surface area contributed by atoms with Crippen LogP contribution in [0.2, 0.25) is 0 Å². The number of hydrogen-bond donors (Lipinski definition) is 0. The molecule has 0 saturated carbocycles. The standard InChI is InChI=1S/C17H20N2O2/c1-19(13-15-4-3-11-18-12-15)17(20)10-7-14-5-8-16(21-2)9-6-14/h3-6,8-9,11-12H,7,10,13H2,1-2H3. The Morgan fingerprint density at radius 1 is 1.19 bits per heavy atom. The fourth-order valence-electron chi connectivity index (χ4n) is 2.09. The second-order valence-electron chi connectivity index (χ2n) is 4.96. The van der Waals surface area contributed by atoms with E-state index in [9.17, 15) is 4.79 Å². The summed E-state index contributed by atoms with van der Waals surface area (Å²) in [6, 6.07) is 11.7. The largest absolute Gasteiger partial charge is 0.497 e. The molecule has 0 spiro atoms. The van der Waals surface area contributed by atoms with Gasteiger partial charge in [-0.1, -0.05) is 18.2 Å². The summed E-state index contributed by atoms with van der Waals surface area (Å²) in [4.78, 5) is 17.9. The number of nitrogens with zero attached hydrogens (tertiary/aromatic N) is 2. The first-order chi connectivity index (χ1) is 10.2. The third-order valence-electron chi connectivity index (χ3n) is 3.35. The molecule has 0 unspecified atom stereocenters. The zero-order chi connectivity index (χ0) is 15.1. The lowest BCUT2D eigenvalue weighted by Gasteiger charge is -2.17. The van der Waals surface area contributed by atoms with Crippen LogP contribution in [0.4, 0.5) is 0 Å². The number of benzene rings is 1. The predicted octanol–water partition coefficient (Wildman–Crippen LogP) is 2.68. The summed E-state index contributed by atoms with van der Waals surface area (Å²) in [6.07, 6.45) is 4.76. The highest BCUT2D eigenvalue weighted by molar-refractivity contribution is 5.76. The van der Waals surface area contributed by atoms with Crippen molar-refractivity contribution < 1.29 is 9.53 Å². The molecule has 1 heterocycles. The zero-order valence-corrected chi connectivity index (χ0v) is 12.5. The highest BCUT2D eigenvalue weighted by atomic mass is 16.5. The van der Waals surface area contributed by atoms with Gasteiger partial charge in [-0.25, -0.2) is 0 Å². The molecule has 21 heavy (non-hydrogen) atoms. The Labute approximate surface area is 125 Å². The molecule has 0 atom stereocenters. The number of amides is 1. The van der Waals surface area contributed by atoms with Gasteiger partial charge in [0.15, 0.2) is 0 Å². The maximum absolute atomic E-state index is 12.1. The van der Waals surface area contributed by atoms with Gasteiger partial charge in [0.05, 0.1) is 7.11 Å². The Balaban J connectivity index is 1.83. The van der Waals surface area contributed by atoms with Crippen molar-refractivity contribution in [2.75, 3.05) is 14.2 Å². The van der Waals surface area contributed by atoms with Crippen LogP contribution in [0.1, 0.15) is 17.5 Å². The Hall–Kier alpha value is -2.36. The number of carbonyl (C=O) groups excluding carboxylic acids is 1. The van der Waals surface area contributed by atoms with Gasteiger partial charge < -0.3 is 9.64 Å². The molecule has 0 radical (unpaired) electrons. The number of ether oxygens (including phenoxy) is 1. The van der Waals surface area contributed by atoms with E-state index >= 15 is 0 Å². The Bertz CT molecular complexity index is 567. The van der Waals surface area contributed by atoms with Crippen molar-refractivity contribution in [3.63, 3.8) is 0 Å². The number of aromatic nitrogens is 1. The Morgan fingerprint density at radius 3 is 2.57 bits per heavy atom. The first kappa shape index (κ1) is 15.0. The predicted molar refractivity (Wildman–Crippen MR) is 82.0 cm³/mol. The van der Waals surface area contributed by atoms with Crippen molar-refractivity contribution in [2.24, 2.45) is 0 Å². The second kappa shape index (κ2) is 7.43. The van der Waals surface area contributed by atoms with Crippen LogP contribution in [-0.2, 0) is 17.8 Å². The van der Waals surface area contributed by atoms with Gasteiger partial charge in [0, 0.05) is 32.4 Å². The van der Waals surface area contributed by atoms with Crippen molar-refractivity contribution in [3.05, 3.63) is 59.9 Å². The summed E-state index contributed by atoms with van der Waals surface area (Å²) in [5, 5.41) is 0. The molecule has 0 fully saturated rings. The Kier molecular flexibility index (Phi) is 5.32. The molecular weight excluding hydrogens is 264 g/mol. The maximum Gasteiger partial charge on any atom is 0.222 e. The normalized spacial score (nSPS) is 10.2. The summed E-state index contributed by atoms with van der Waals surface area (Å²) in [6.45, 7) is 0.593. The average molecular weight is 284 g/mol. The van der Waals surface area contributed by atoms with Crippen molar-refractivity contribution in [1.82, 2.24) is 9.88 Å². The lowest BCUT2D eigenvalue weighted by molar-refractivity contribution is -0.130. The van der Waals surface area contributed by atoms with E-state index in [1.54, 1.807) is 24.4 Å². The van der Waals surface area contributed by atoms with Gasteiger partial charge in [0.25, 0.3) is 0 Å². The quantitative estimate of drug-likeness (QED) is 0.819. The first-order valence-corrected chi connectivity index (χ1v) is 6.95. The first-order valence-electron chi connectivity index (χ1n) is 6.95. The van der Waals surface area contributed by atoms with E-state index in [-0.39, 0.29) is 5.91 Å². The van der Waals surface area contributed by atoms with Crippen molar-refractivity contribution in [1.29, 1.82) is 0 Å². The van der Waals surface area contributed by atoms with Crippen LogP contribution in [0.15, 0.2) is 48.8 Å². The van der Waals surface area contributed by atoms with E-state index in [0.29, 0.717) is 13.0 Å². The third-order valence-corrected chi connectivity index (χ3v) is 3.35. The average Bonchev–Trinajstić information content (AvgIpc) is 2.54. The number of aryl methyl sites for hydroxylation is 1. The lowest BCUT2D eigenvalue weighted by Crippen LogP contribution is -2.26. The minimum Gasteiger partial charge on any atom is -0.497 e. The molecule has 2 aromatic rings.